The number of methoxy groups -OCH3 is 1. The van der Waals surface area contributed by atoms with Crippen LogP contribution in [-0.2, 0) is 4.74 Å². The average molecular weight is 311 g/mol. The van der Waals surface area contributed by atoms with Crippen molar-refractivity contribution in [1.82, 2.24) is 0 Å². The SMILES string of the molecule is COc1ccc(N[C@@H]2[C@@H]3SCCCS[C@H]3O[C@@H]2C)cc1. The monoisotopic (exact) mass is 311 g/mol. The molecule has 1 aromatic rings. The third-order valence-corrected chi connectivity index (χ3v) is 6.66. The number of nitrogens with one attached hydrogen (secondary N) is 1. The fourth-order valence-corrected chi connectivity index (χ4v) is 5.79. The normalized spacial score (nSPS) is 33.3. The topological polar surface area (TPSA) is 30.5 Å². The van der Waals surface area contributed by atoms with Crippen molar-refractivity contribution in [2.24, 2.45) is 0 Å². The Morgan fingerprint density at radius 2 is 1.95 bits per heavy atom. The molecule has 2 saturated heterocycles. The van der Waals surface area contributed by atoms with Crippen molar-refractivity contribution in [3.8, 4) is 5.75 Å². The average Bonchev–Trinajstić information content (AvgIpc) is 2.65. The van der Waals surface area contributed by atoms with E-state index in [4.69, 9.17) is 9.47 Å². The van der Waals surface area contributed by atoms with Crippen LogP contribution in [0.4, 0.5) is 5.69 Å². The van der Waals surface area contributed by atoms with Crippen molar-refractivity contribution in [3.63, 3.8) is 0 Å². The Hall–Kier alpha value is -0.520. The molecule has 2 aliphatic rings. The van der Waals surface area contributed by atoms with E-state index in [1.807, 2.05) is 23.9 Å². The molecule has 3 nitrogen and oxygen atoms in total. The van der Waals surface area contributed by atoms with Crippen LogP contribution in [0.15, 0.2) is 24.3 Å². The fourth-order valence-electron chi connectivity index (χ4n) is 2.68. The number of hydrogen-bond donors (Lipinski definition) is 1. The van der Waals surface area contributed by atoms with Gasteiger partial charge in [-0.25, -0.2) is 0 Å². The number of rotatable bonds is 3. The second-order valence-electron chi connectivity index (χ2n) is 5.17. The minimum atomic E-state index is 0.255. The lowest BCUT2D eigenvalue weighted by Crippen LogP contribution is -2.35. The predicted molar refractivity (Wildman–Crippen MR) is 88.1 cm³/mol. The molecule has 20 heavy (non-hydrogen) atoms. The Balaban J connectivity index is 1.71. The first-order valence-electron chi connectivity index (χ1n) is 7.07. The van der Waals surface area contributed by atoms with E-state index in [0.717, 1.165) is 11.4 Å². The standard InChI is InChI=1S/C15H21NO2S2/c1-10-13(14-15(18-10)20-9-3-8-19-14)16-11-4-6-12(17-2)7-5-11/h4-7,10,13-16H,3,8-9H2,1-2H3/t10-,13+,14+,15-/m1/s1. The van der Waals surface area contributed by atoms with E-state index in [1.165, 1.54) is 17.9 Å². The summed E-state index contributed by atoms with van der Waals surface area (Å²) < 4.78 is 11.3. The van der Waals surface area contributed by atoms with Gasteiger partial charge in [-0.1, -0.05) is 0 Å². The summed E-state index contributed by atoms with van der Waals surface area (Å²) in [6, 6.07) is 8.52. The molecule has 3 rings (SSSR count). The van der Waals surface area contributed by atoms with E-state index in [2.05, 4.69) is 36.1 Å². The zero-order valence-corrected chi connectivity index (χ0v) is 13.5. The third-order valence-electron chi connectivity index (χ3n) is 3.78. The third kappa shape index (κ3) is 3.05. The molecular formula is C15H21NO2S2. The Kier molecular flexibility index (Phi) is 4.68. The molecule has 2 fully saturated rings. The number of fused-ring (bicyclic) bond motifs is 1. The zero-order chi connectivity index (χ0) is 13.9. The van der Waals surface area contributed by atoms with Gasteiger partial charge in [0.15, 0.2) is 0 Å². The summed E-state index contributed by atoms with van der Waals surface area (Å²) in [6.07, 6.45) is 1.54. The Bertz CT molecular complexity index is 440. The summed E-state index contributed by atoms with van der Waals surface area (Å²) in [5.41, 5.74) is 1.48. The van der Waals surface area contributed by atoms with E-state index >= 15 is 0 Å². The van der Waals surface area contributed by atoms with Gasteiger partial charge in [0.25, 0.3) is 0 Å². The van der Waals surface area contributed by atoms with Gasteiger partial charge in [0.1, 0.15) is 11.2 Å². The molecule has 0 aliphatic carbocycles. The van der Waals surface area contributed by atoms with E-state index in [-0.39, 0.29) is 6.10 Å². The number of thioether (sulfide) groups is 2. The van der Waals surface area contributed by atoms with E-state index < -0.39 is 0 Å². The number of benzene rings is 1. The van der Waals surface area contributed by atoms with Gasteiger partial charge in [0.2, 0.25) is 0 Å². The molecule has 110 valence electrons. The molecule has 0 aromatic heterocycles. The van der Waals surface area contributed by atoms with Crippen molar-refractivity contribution in [1.29, 1.82) is 0 Å². The predicted octanol–water partition coefficient (Wildman–Crippen LogP) is 3.46. The first-order valence-corrected chi connectivity index (χ1v) is 9.17. The van der Waals surface area contributed by atoms with Gasteiger partial charge in [-0.3, -0.25) is 0 Å². The Morgan fingerprint density at radius 3 is 2.70 bits per heavy atom. The van der Waals surface area contributed by atoms with E-state index in [9.17, 15) is 0 Å². The highest BCUT2D eigenvalue weighted by Gasteiger charge is 2.43. The minimum Gasteiger partial charge on any atom is -0.497 e. The molecule has 0 unspecified atom stereocenters. The van der Waals surface area contributed by atoms with Crippen LogP contribution in [0, 0.1) is 0 Å². The van der Waals surface area contributed by atoms with Crippen LogP contribution in [-0.4, -0.2) is 41.4 Å². The number of anilines is 1. The summed E-state index contributed by atoms with van der Waals surface area (Å²) in [4.78, 5) is 0. The van der Waals surface area contributed by atoms with Crippen molar-refractivity contribution in [2.75, 3.05) is 23.9 Å². The lowest BCUT2D eigenvalue weighted by Gasteiger charge is -2.23. The second-order valence-corrected chi connectivity index (χ2v) is 7.66. The quantitative estimate of drug-likeness (QED) is 0.924. The highest BCUT2D eigenvalue weighted by atomic mass is 32.2. The van der Waals surface area contributed by atoms with Crippen LogP contribution >= 0.6 is 23.5 Å². The van der Waals surface area contributed by atoms with Crippen LogP contribution in [0.5, 0.6) is 5.75 Å². The Morgan fingerprint density at radius 1 is 1.20 bits per heavy atom. The first kappa shape index (κ1) is 14.4. The molecule has 0 bridgehead atoms. The van der Waals surface area contributed by atoms with E-state index in [1.54, 1.807) is 7.11 Å². The lowest BCUT2D eigenvalue weighted by atomic mass is 10.1. The maximum atomic E-state index is 6.13. The van der Waals surface area contributed by atoms with Crippen molar-refractivity contribution in [2.45, 2.75) is 36.2 Å². The molecule has 2 aliphatic heterocycles. The molecule has 5 heteroatoms. The molecule has 1 N–H and O–H groups in total. The molecule has 0 radical (unpaired) electrons. The Labute approximate surface area is 129 Å². The fraction of sp³-hybridized carbons (Fsp3) is 0.600. The number of hydrogen-bond acceptors (Lipinski definition) is 5. The van der Waals surface area contributed by atoms with Crippen molar-refractivity contribution < 1.29 is 9.47 Å². The summed E-state index contributed by atoms with van der Waals surface area (Å²) in [6.45, 7) is 2.18. The summed E-state index contributed by atoms with van der Waals surface area (Å²) in [5.74, 6) is 3.35. The molecule has 0 amide bonds. The smallest absolute Gasteiger partial charge is 0.119 e. The summed E-state index contributed by atoms with van der Waals surface area (Å²) >= 11 is 4.04. The summed E-state index contributed by atoms with van der Waals surface area (Å²) in [5, 5.41) is 4.20. The van der Waals surface area contributed by atoms with Gasteiger partial charge in [0.05, 0.1) is 24.5 Å². The van der Waals surface area contributed by atoms with Gasteiger partial charge < -0.3 is 14.8 Å². The van der Waals surface area contributed by atoms with Gasteiger partial charge in [-0.15, -0.1) is 11.8 Å². The molecule has 4 atom stereocenters. The minimum absolute atomic E-state index is 0.255. The molecule has 0 spiro atoms. The molecule has 0 saturated carbocycles. The summed E-state index contributed by atoms with van der Waals surface area (Å²) in [7, 11) is 1.69. The van der Waals surface area contributed by atoms with Gasteiger partial charge in [-0.2, -0.15) is 11.8 Å². The maximum Gasteiger partial charge on any atom is 0.119 e. The van der Waals surface area contributed by atoms with Crippen LogP contribution in [0.1, 0.15) is 13.3 Å². The second kappa shape index (κ2) is 6.50. The van der Waals surface area contributed by atoms with Crippen LogP contribution in [0.25, 0.3) is 0 Å². The van der Waals surface area contributed by atoms with Gasteiger partial charge >= 0.3 is 0 Å². The van der Waals surface area contributed by atoms with E-state index in [0.29, 0.717) is 16.7 Å². The highest BCUT2D eigenvalue weighted by molar-refractivity contribution is 8.04. The zero-order valence-electron chi connectivity index (χ0n) is 11.9. The van der Waals surface area contributed by atoms with Gasteiger partial charge in [-0.05, 0) is 49.1 Å². The van der Waals surface area contributed by atoms with Crippen molar-refractivity contribution in [3.05, 3.63) is 24.3 Å². The lowest BCUT2D eigenvalue weighted by molar-refractivity contribution is 0.103. The molecular weight excluding hydrogens is 290 g/mol. The highest BCUT2D eigenvalue weighted by Crippen LogP contribution is 2.41. The maximum absolute atomic E-state index is 6.13. The number of ether oxygens (including phenoxy) is 2. The van der Waals surface area contributed by atoms with Crippen LogP contribution in [0.2, 0.25) is 0 Å². The largest absolute Gasteiger partial charge is 0.497 e. The molecule has 2 heterocycles. The first-order chi connectivity index (χ1) is 9.78. The van der Waals surface area contributed by atoms with Crippen LogP contribution in [0.3, 0.4) is 0 Å². The van der Waals surface area contributed by atoms with Gasteiger partial charge in [0, 0.05) is 5.69 Å². The molecule has 1 aromatic carbocycles. The van der Waals surface area contributed by atoms with Crippen molar-refractivity contribution >= 4 is 29.2 Å². The van der Waals surface area contributed by atoms with Crippen LogP contribution < -0.4 is 10.1 Å².